The second-order valence-corrected chi connectivity index (χ2v) is 10.4. The molecule has 1 amide bonds. The number of likely N-dealkylation sites (tertiary alicyclic amines) is 1. The first kappa shape index (κ1) is 21.0. The summed E-state index contributed by atoms with van der Waals surface area (Å²) < 4.78 is 27.2. The molecule has 0 spiro atoms. The molecule has 6 nitrogen and oxygen atoms in total. The van der Waals surface area contributed by atoms with Gasteiger partial charge in [0.2, 0.25) is 15.9 Å². The molecule has 3 heterocycles. The minimum absolute atomic E-state index is 0.0555. The van der Waals surface area contributed by atoms with Gasteiger partial charge in [-0.3, -0.25) is 9.78 Å². The fraction of sp³-hybridized carbons (Fsp3) is 0.478. The summed E-state index contributed by atoms with van der Waals surface area (Å²) in [6.45, 7) is 4.08. The van der Waals surface area contributed by atoms with Crippen LogP contribution in [0.4, 0.5) is 0 Å². The van der Waals surface area contributed by atoms with E-state index in [0.29, 0.717) is 23.9 Å². The van der Waals surface area contributed by atoms with Crippen LogP contribution in [0.25, 0.3) is 0 Å². The van der Waals surface area contributed by atoms with Crippen molar-refractivity contribution in [3.8, 4) is 0 Å². The molecule has 2 aliphatic rings. The van der Waals surface area contributed by atoms with Crippen LogP contribution in [-0.2, 0) is 21.2 Å². The minimum Gasteiger partial charge on any atom is -0.335 e. The average Bonchev–Trinajstić information content (AvgIpc) is 3.17. The average molecular weight is 428 g/mol. The number of nitrogens with zero attached hydrogens (tertiary/aromatic N) is 3. The van der Waals surface area contributed by atoms with Crippen LogP contribution in [0.2, 0.25) is 0 Å². The largest absolute Gasteiger partial charge is 0.335 e. The molecular weight excluding hydrogens is 398 g/mol. The minimum atomic E-state index is -3.44. The van der Waals surface area contributed by atoms with Gasteiger partial charge in [-0.05, 0) is 54.5 Å². The predicted molar refractivity (Wildman–Crippen MR) is 115 cm³/mol. The fourth-order valence-corrected chi connectivity index (χ4v) is 6.04. The van der Waals surface area contributed by atoms with E-state index in [1.807, 2.05) is 23.2 Å². The summed E-state index contributed by atoms with van der Waals surface area (Å²) in [6.07, 6.45) is 7.70. The molecule has 0 saturated carbocycles. The van der Waals surface area contributed by atoms with E-state index in [1.54, 1.807) is 34.8 Å². The van der Waals surface area contributed by atoms with E-state index in [0.717, 1.165) is 43.4 Å². The Morgan fingerprint density at radius 3 is 2.50 bits per heavy atom. The molecule has 4 rings (SSSR count). The number of carbonyl (C=O) groups excluding carboxylic acids is 1. The van der Waals surface area contributed by atoms with E-state index in [2.05, 4.69) is 11.9 Å². The van der Waals surface area contributed by atoms with Gasteiger partial charge in [0.25, 0.3) is 0 Å². The third-order valence-electron chi connectivity index (χ3n) is 6.13. The number of hydrogen-bond acceptors (Lipinski definition) is 4. The van der Waals surface area contributed by atoms with Crippen molar-refractivity contribution in [2.75, 3.05) is 19.6 Å². The Morgan fingerprint density at radius 1 is 1.10 bits per heavy atom. The van der Waals surface area contributed by atoms with Crippen molar-refractivity contribution >= 4 is 15.9 Å². The van der Waals surface area contributed by atoms with E-state index >= 15 is 0 Å². The van der Waals surface area contributed by atoms with Crippen LogP contribution in [-0.4, -0.2) is 48.1 Å². The zero-order valence-corrected chi connectivity index (χ0v) is 18.2. The zero-order valence-electron chi connectivity index (χ0n) is 17.4. The van der Waals surface area contributed by atoms with Gasteiger partial charge in [0, 0.05) is 32.0 Å². The van der Waals surface area contributed by atoms with Crippen LogP contribution in [0.5, 0.6) is 0 Å². The highest BCUT2D eigenvalue weighted by atomic mass is 32.2. The Hall–Kier alpha value is -2.25. The summed E-state index contributed by atoms with van der Waals surface area (Å²) in [5, 5.41) is 0. The van der Waals surface area contributed by atoms with Gasteiger partial charge in [0.05, 0.1) is 17.4 Å². The van der Waals surface area contributed by atoms with E-state index in [-0.39, 0.29) is 18.4 Å². The second kappa shape index (κ2) is 8.86. The quantitative estimate of drug-likeness (QED) is 0.733. The van der Waals surface area contributed by atoms with Crippen LogP contribution in [0.15, 0.2) is 53.7 Å². The lowest BCUT2D eigenvalue weighted by Gasteiger charge is -2.26. The first-order valence-corrected chi connectivity index (χ1v) is 12.2. The van der Waals surface area contributed by atoms with Gasteiger partial charge in [-0.25, -0.2) is 8.42 Å². The van der Waals surface area contributed by atoms with E-state index in [9.17, 15) is 13.2 Å². The highest BCUT2D eigenvalue weighted by molar-refractivity contribution is 7.89. The monoisotopic (exact) mass is 427 g/mol. The van der Waals surface area contributed by atoms with Crippen molar-refractivity contribution in [1.82, 2.24) is 14.2 Å². The second-order valence-electron chi connectivity index (χ2n) is 8.47. The Kier molecular flexibility index (Phi) is 6.20. The van der Waals surface area contributed by atoms with Gasteiger partial charge in [-0.2, -0.15) is 4.31 Å². The molecule has 30 heavy (non-hydrogen) atoms. The lowest BCUT2D eigenvalue weighted by Crippen LogP contribution is -2.35. The molecule has 7 heteroatoms. The van der Waals surface area contributed by atoms with Crippen molar-refractivity contribution in [2.24, 2.45) is 5.92 Å². The molecule has 0 bridgehead atoms. The summed E-state index contributed by atoms with van der Waals surface area (Å²) in [5.41, 5.74) is 1.90. The standard InChI is InChI=1S/C23H29N3O3S/c1-18-14-22(20-6-5-11-24-16-20)26(17-18)23(27)15-19-7-9-21(10-8-19)30(28,29)25-12-3-2-4-13-25/h5-11,16,18,22H,2-4,12-15,17H2,1H3/t18-,22+/m0/s1. The van der Waals surface area contributed by atoms with Gasteiger partial charge in [0.15, 0.2) is 0 Å². The number of carbonyl (C=O) groups is 1. The third-order valence-corrected chi connectivity index (χ3v) is 8.04. The Balaban J connectivity index is 1.46. The van der Waals surface area contributed by atoms with Gasteiger partial charge in [-0.15, -0.1) is 0 Å². The molecule has 0 N–H and O–H groups in total. The molecule has 1 aromatic heterocycles. The summed E-state index contributed by atoms with van der Waals surface area (Å²) in [6, 6.07) is 10.8. The van der Waals surface area contributed by atoms with Crippen LogP contribution in [0.1, 0.15) is 49.8 Å². The summed E-state index contributed by atoms with van der Waals surface area (Å²) >= 11 is 0. The molecule has 1 aromatic carbocycles. The molecule has 2 saturated heterocycles. The van der Waals surface area contributed by atoms with Crippen LogP contribution in [0, 0.1) is 5.92 Å². The Morgan fingerprint density at radius 2 is 1.83 bits per heavy atom. The maximum Gasteiger partial charge on any atom is 0.243 e. The number of piperidine rings is 1. The van der Waals surface area contributed by atoms with Gasteiger partial charge in [-0.1, -0.05) is 31.5 Å². The number of benzene rings is 1. The molecule has 2 aliphatic heterocycles. The van der Waals surface area contributed by atoms with E-state index in [1.165, 1.54) is 0 Å². The maximum absolute atomic E-state index is 13.1. The topological polar surface area (TPSA) is 70.6 Å². The van der Waals surface area contributed by atoms with Crippen molar-refractivity contribution in [2.45, 2.75) is 50.0 Å². The van der Waals surface area contributed by atoms with Gasteiger partial charge < -0.3 is 4.90 Å². The molecular formula is C23H29N3O3S. The molecule has 2 aromatic rings. The van der Waals surface area contributed by atoms with Crippen molar-refractivity contribution in [1.29, 1.82) is 0 Å². The van der Waals surface area contributed by atoms with Crippen LogP contribution in [0.3, 0.4) is 0 Å². The van der Waals surface area contributed by atoms with E-state index in [4.69, 9.17) is 0 Å². The number of aromatic nitrogens is 1. The normalized spacial score (nSPS) is 22.9. The lowest BCUT2D eigenvalue weighted by atomic mass is 10.0. The SMILES string of the molecule is C[C@H]1C[C@H](c2cccnc2)N(C(=O)Cc2ccc(S(=O)(=O)N3CCCCC3)cc2)C1. The molecule has 2 fully saturated rings. The molecule has 2 atom stereocenters. The van der Waals surface area contributed by atoms with Gasteiger partial charge in [0.1, 0.15) is 0 Å². The number of rotatable bonds is 5. The first-order chi connectivity index (χ1) is 14.4. The fourth-order valence-electron chi connectivity index (χ4n) is 4.52. The zero-order chi connectivity index (χ0) is 21.1. The van der Waals surface area contributed by atoms with Gasteiger partial charge >= 0.3 is 0 Å². The smallest absolute Gasteiger partial charge is 0.243 e. The molecule has 0 unspecified atom stereocenters. The maximum atomic E-state index is 13.1. The van der Waals surface area contributed by atoms with E-state index < -0.39 is 10.0 Å². The number of sulfonamides is 1. The van der Waals surface area contributed by atoms with Crippen molar-refractivity contribution in [3.63, 3.8) is 0 Å². The number of hydrogen-bond donors (Lipinski definition) is 0. The van der Waals surface area contributed by atoms with Crippen LogP contribution < -0.4 is 0 Å². The summed E-state index contributed by atoms with van der Waals surface area (Å²) in [7, 11) is -3.44. The van der Waals surface area contributed by atoms with Crippen LogP contribution >= 0.6 is 0 Å². The first-order valence-electron chi connectivity index (χ1n) is 10.7. The highest BCUT2D eigenvalue weighted by Crippen LogP contribution is 2.35. The third kappa shape index (κ3) is 4.42. The highest BCUT2D eigenvalue weighted by Gasteiger charge is 2.34. The Labute approximate surface area is 179 Å². The predicted octanol–water partition coefficient (Wildman–Crippen LogP) is 3.41. The molecule has 160 valence electrons. The lowest BCUT2D eigenvalue weighted by molar-refractivity contribution is -0.131. The van der Waals surface area contributed by atoms with Crippen molar-refractivity contribution in [3.05, 3.63) is 59.9 Å². The molecule has 0 radical (unpaired) electrons. The Bertz CT molecular complexity index is 971. The van der Waals surface area contributed by atoms with Crippen molar-refractivity contribution < 1.29 is 13.2 Å². The molecule has 0 aliphatic carbocycles. The summed E-state index contributed by atoms with van der Waals surface area (Å²) in [5.74, 6) is 0.510. The summed E-state index contributed by atoms with van der Waals surface area (Å²) in [4.78, 5) is 19.5. The number of pyridine rings is 1. The number of amides is 1.